The molecule has 1 aliphatic heterocycles. The Morgan fingerprint density at radius 3 is 2.55 bits per heavy atom. The Labute approximate surface area is 188 Å². The van der Waals surface area contributed by atoms with Gasteiger partial charge in [0.1, 0.15) is 17.2 Å². The number of carbonyl (C=O) groups is 2. The van der Waals surface area contributed by atoms with Crippen LogP contribution in [0.15, 0.2) is 70.9 Å². The fraction of sp³-hybridized carbons (Fsp3) is 0.120. The van der Waals surface area contributed by atoms with Crippen LogP contribution in [0.1, 0.15) is 31.8 Å². The molecular formula is C25H19BrO5. The highest BCUT2D eigenvalue weighted by molar-refractivity contribution is 9.10. The Kier molecular flexibility index (Phi) is 5.91. The summed E-state index contributed by atoms with van der Waals surface area (Å²) in [5.74, 6) is 1.50. The van der Waals surface area contributed by atoms with Gasteiger partial charge in [0.05, 0.1) is 12.7 Å². The van der Waals surface area contributed by atoms with E-state index in [9.17, 15) is 9.59 Å². The molecule has 6 heteroatoms. The quantitative estimate of drug-likeness (QED) is 0.338. The number of Topliss-reactive ketones (excluding diaryl/α,β-unsaturated/α-hetero) is 2. The fourth-order valence-corrected chi connectivity index (χ4v) is 3.73. The van der Waals surface area contributed by atoms with Crippen molar-refractivity contribution < 1.29 is 23.8 Å². The third-order valence-corrected chi connectivity index (χ3v) is 5.37. The number of aryl methyl sites for hydroxylation is 1. The van der Waals surface area contributed by atoms with E-state index < -0.39 is 0 Å². The van der Waals surface area contributed by atoms with E-state index in [1.165, 1.54) is 0 Å². The van der Waals surface area contributed by atoms with Crippen molar-refractivity contribution in [3.63, 3.8) is 0 Å². The van der Waals surface area contributed by atoms with E-state index in [-0.39, 0.29) is 23.9 Å². The van der Waals surface area contributed by atoms with E-state index in [4.69, 9.17) is 14.2 Å². The third-order valence-electron chi connectivity index (χ3n) is 4.87. The number of rotatable bonds is 6. The molecule has 0 fully saturated rings. The molecule has 0 amide bonds. The number of hydrogen-bond donors (Lipinski definition) is 0. The first-order valence-electron chi connectivity index (χ1n) is 9.59. The van der Waals surface area contributed by atoms with Crippen LogP contribution < -0.4 is 14.2 Å². The Morgan fingerprint density at radius 1 is 1.06 bits per heavy atom. The van der Waals surface area contributed by atoms with Gasteiger partial charge in [0.25, 0.3) is 0 Å². The molecule has 0 unspecified atom stereocenters. The second-order valence-electron chi connectivity index (χ2n) is 7.05. The maximum Gasteiger partial charge on any atom is 0.232 e. The van der Waals surface area contributed by atoms with Crippen molar-refractivity contribution >= 4 is 33.6 Å². The van der Waals surface area contributed by atoms with Gasteiger partial charge in [-0.25, -0.2) is 0 Å². The van der Waals surface area contributed by atoms with Crippen LogP contribution in [0.5, 0.6) is 17.2 Å². The van der Waals surface area contributed by atoms with Crippen LogP contribution in [-0.2, 0) is 0 Å². The summed E-state index contributed by atoms with van der Waals surface area (Å²) in [6, 6.07) is 17.8. The molecule has 3 aromatic carbocycles. The summed E-state index contributed by atoms with van der Waals surface area (Å²) in [7, 11) is 1.57. The van der Waals surface area contributed by atoms with Crippen molar-refractivity contribution in [2.75, 3.05) is 13.7 Å². The standard InChI is InChI=1S/C25H19BrO5/c1-15-10-20(30-14-21(27)17-6-8-19(29-2)9-7-17)13-22-24(15)25(28)23(31-22)12-16-4-3-5-18(26)11-16/h3-13H,14H2,1-2H3/b23-12-. The van der Waals surface area contributed by atoms with Gasteiger partial charge >= 0.3 is 0 Å². The molecule has 3 aromatic rings. The zero-order chi connectivity index (χ0) is 22.0. The van der Waals surface area contributed by atoms with Crippen molar-refractivity contribution in [3.8, 4) is 17.2 Å². The number of hydrogen-bond acceptors (Lipinski definition) is 5. The zero-order valence-corrected chi connectivity index (χ0v) is 18.6. The zero-order valence-electron chi connectivity index (χ0n) is 17.0. The first kappa shape index (κ1) is 20.9. The lowest BCUT2D eigenvalue weighted by atomic mass is 10.0. The van der Waals surface area contributed by atoms with Crippen LogP contribution in [0, 0.1) is 6.92 Å². The lowest BCUT2D eigenvalue weighted by Gasteiger charge is -2.09. The third kappa shape index (κ3) is 4.54. The molecule has 0 aliphatic carbocycles. The number of benzene rings is 3. The Balaban J connectivity index is 1.50. The molecule has 0 saturated heterocycles. The predicted octanol–water partition coefficient (Wildman–Crippen LogP) is 5.64. The second kappa shape index (κ2) is 8.78. The SMILES string of the molecule is COc1ccc(C(=O)COc2cc(C)c3c(c2)O/C(=C\c2cccc(Br)c2)C3=O)cc1. The summed E-state index contributed by atoms with van der Waals surface area (Å²) in [6.07, 6.45) is 1.71. The number of ether oxygens (including phenoxy) is 3. The highest BCUT2D eigenvalue weighted by Crippen LogP contribution is 2.37. The summed E-state index contributed by atoms with van der Waals surface area (Å²) >= 11 is 3.42. The Bertz CT molecular complexity index is 1200. The van der Waals surface area contributed by atoms with Gasteiger partial charge in [-0.2, -0.15) is 0 Å². The molecular weight excluding hydrogens is 460 g/mol. The maximum atomic E-state index is 12.8. The van der Waals surface area contributed by atoms with Gasteiger partial charge in [0.2, 0.25) is 5.78 Å². The topological polar surface area (TPSA) is 61.8 Å². The van der Waals surface area contributed by atoms with Crippen LogP contribution in [-0.4, -0.2) is 25.3 Å². The van der Waals surface area contributed by atoms with Crippen LogP contribution in [0.25, 0.3) is 6.08 Å². The van der Waals surface area contributed by atoms with Crippen LogP contribution in [0.4, 0.5) is 0 Å². The number of carbonyl (C=O) groups excluding carboxylic acids is 2. The van der Waals surface area contributed by atoms with Gasteiger partial charge in [-0.3, -0.25) is 9.59 Å². The number of halogens is 1. The fourth-order valence-electron chi connectivity index (χ4n) is 3.32. The minimum atomic E-state index is -0.173. The normalized spacial score (nSPS) is 13.6. The minimum Gasteiger partial charge on any atom is -0.497 e. The van der Waals surface area contributed by atoms with Gasteiger partial charge in [-0.1, -0.05) is 28.1 Å². The van der Waals surface area contributed by atoms with Gasteiger partial charge < -0.3 is 14.2 Å². The van der Waals surface area contributed by atoms with Crippen molar-refractivity contribution in [1.82, 2.24) is 0 Å². The molecule has 0 spiro atoms. The average Bonchev–Trinajstić information content (AvgIpc) is 3.07. The summed E-state index contributed by atoms with van der Waals surface area (Å²) in [5.41, 5.74) is 2.62. The Hall–Kier alpha value is -3.38. The van der Waals surface area contributed by atoms with Crippen LogP contribution in [0.3, 0.4) is 0 Å². The predicted molar refractivity (Wildman–Crippen MR) is 121 cm³/mol. The first-order chi connectivity index (χ1) is 14.9. The smallest absolute Gasteiger partial charge is 0.232 e. The van der Waals surface area contributed by atoms with E-state index in [0.29, 0.717) is 28.4 Å². The minimum absolute atomic E-state index is 0.126. The average molecular weight is 479 g/mol. The van der Waals surface area contributed by atoms with Gasteiger partial charge in [-0.05, 0) is 66.6 Å². The lowest BCUT2D eigenvalue weighted by molar-refractivity contribution is 0.0920. The molecule has 0 saturated carbocycles. The molecule has 0 N–H and O–H groups in total. The number of methoxy groups -OCH3 is 1. The Morgan fingerprint density at radius 2 is 1.84 bits per heavy atom. The number of allylic oxidation sites excluding steroid dienone is 1. The van der Waals surface area contributed by atoms with Crippen molar-refractivity contribution in [3.05, 3.63) is 93.1 Å². The highest BCUT2D eigenvalue weighted by atomic mass is 79.9. The molecule has 0 aromatic heterocycles. The highest BCUT2D eigenvalue weighted by Gasteiger charge is 2.30. The van der Waals surface area contributed by atoms with E-state index in [2.05, 4.69) is 15.9 Å². The molecule has 1 heterocycles. The van der Waals surface area contributed by atoms with E-state index in [1.807, 2.05) is 31.2 Å². The van der Waals surface area contributed by atoms with E-state index in [1.54, 1.807) is 49.6 Å². The molecule has 0 bridgehead atoms. The van der Waals surface area contributed by atoms with Crippen LogP contribution >= 0.6 is 15.9 Å². The molecule has 0 atom stereocenters. The van der Waals surface area contributed by atoms with Crippen LogP contribution in [0.2, 0.25) is 0 Å². The molecule has 31 heavy (non-hydrogen) atoms. The van der Waals surface area contributed by atoms with Crippen molar-refractivity contribution in [1.29, 1.82) is 0 Å². The summed E-state index contributed by atoms with van der Waals surface area (Å²) in [5, 5.41) is 0. The molecule has 4 rings (SSSR count). The maximum absolute atomic E-state index is 12.8. The lowest BCUT2D eigenvalue weighted by Crippen LogP contribution is -2.11. The van der Waals surface area contributed by atoms with E-state index in [0.717, 1.165) is 15.6 Å². The van der Waals surface area contributed by atoms with Gasteiger partial charge in [-0.15, -0.1) is 0 Å². The molecule has 0 radical (unpaired) electrons. The van der Waals surface area contributed by atoms with E-state index >= 15 is 0 Å². The first-order valence-corrected chi connectivity index (χ1v) is 10.4. The number of fused-ring (bicyclic) bond motifs is 1. The second-order valence-corrected chi connectivity index (χ2v) is 7.96. The summed E-state index contributed by atoms with van der Waals surface area (Å²) < 4.78 is 17.5. The molecule has 1 aliphatic rings. The summed E-state index contributed by atoms with van der Waals surface area (Å²) in [4.78, 5) is 25.2. The monoisotopic (exact) mass is 478 g/mol. The molecule has 156 valence electrons. The van der Waals surface area contributed by atoms with Crippen molar-refractivity contribution in [2.45, 2.75) is 6.92 Å². The number of ketones is 2. The van der Waals surface area contributed by atoms with Gasteiger partial charge in [0, 0.05) is 16.1 Å². The van der Waals surface area contributed by atoms with Crippen molar-refractivity contribution in [2.24, 2.45) is 0 Å². The largest absolute Gasteiger partial charge is 0.497 e. The van der Waals surface area contributed by atoms with Gasteiger partial charge in [0.15, 0.2) is 18.1 Å². The molecule has 5 nitrogen and oxygen atoms in total. The summed E-state index contributed by atoms with van der Waals surface area (Å²) in [6.45, 7) is 1.69.